The third kappa shape index (κ3) is 3.19. The van der Waals surface area contributed by atoms with Gasteiger partial charge in [0, 0.05) is 45.9 Å². The molecule has 0 saturated carbocycles. The first-order chi connectivity index (χ1) is 20.3. The summed E-state index contributed by atoms with van der Waals surface area (Å²) in [7, 11) is 0. The molecule has 1 aliphatic heterocycles. The minimum absolute atomic E-state index is 0.0255. The van der Waals surface area contributed by atoms with Crippen LogP contribution < -0.4 is 10.3 Å². The van der Waals surface area contributed by atoms with E-state index in [1.165, 1.54) is 33.8 Å². The van der Waals surface area contributed by atoms with Crippen LogP contribution in [0.3, 0.4) is 0 Å². The first kappa shape index (κ1) is 22.9. The average Bonchev–Trinajstić information content (AvgIpc) is 3.54. The van der Waals surface area contributed by atoms with Crippen LogP contribution in [0.15, 0.2) is 106 Å². The van der Waals surface area contributed by atoms with Crippen molar-refractivity contribution in [2.75, 3.05) is 4.90 Å². The third-order valence-electron chi connectivity index (χ3n) is 9.26. The number of hydrogen-bond donors (Lipinski definition) is 0. The number of para-hydroxylation sites is 1. The molecule has 0 saturated heterocycles. The number of allylic oxidation sites excluding steroid dienone is 4. The van der Waals surface area contributed by atoms with E-state index in [9.17, 15) is 4.79 Å². The van der Waals surface area contributed by atoms with Gasteiger partial charge in [-0.2, -0.15) is 0 Å². The Labute approximate surface area is 237 Å². The summed E-state index contributed by atoms with van der Waals surface area (Å²) in [5.74, 6) is 0.307. The molecule has 2 aromatic heterocycles. The molecule has 5 aromatic rings. The molecule has 3 aromatic carbocycles. The molecule has 4 nitrogen and oxygen atoms in total. The van der Waals surface area contributed by atoms with Crippen molar-refractivity contribution in [2.24, 2.45) is 0 Å². The van der Waals surface area contributed by atoms with E-state index in [0.29, 0.717) is 27.9 Å². The predicted molar refractivity (Wildman–Crippen MR) is 167 cm³/mol. The molecule has 41 heavy (non-hydrogen) atoms. The smallest absolute Gasteiger partial charge is 0.202 e. The van der Waals surface area contributed by atoms with E-state index in [0.717, 1.165) is 37.1 Å². The van der Waals surface area contributed by atoms with Crippen molar-refractivity contribution in [1.29, 1.82) is 0 Å². The van der Waals surface area contributed by atoms with Gasteiger partial charge in [0.25, 0.3) is 0 Å². The molecule has 198 valence electrons. The molecule has 4 aliphatic rings. The number of anilines is 2. The number of rotatable bonds is 2. The Hall–Kier alpha value is -4.83. The summed E-state index contributed by atoms with van der Waals surface area (Å²) in [6.07, 6.45) is 21.8. The van der Waals surface area contributed by atoms with Gasteiger partial charge in [0.1, 0.15) is 11.2 Å². The van der Waals surface area contributed by atoms with Gasteiger partial charge in [-0.1, -0.05) is 72.9 Å². The van der Waals surface area contributed by atoms with E-state index < -0.39 is 0 Å². The molecular weight excluding hydrogens is 504 g/mol. The fraction of sp³-hybridized carbons (Fsp3) is 0.162. The maximum Gasteiger partial charge on any atom is 0.202 e. The van der Waals surface area contributed by atoms with Gasteiger partial charge in [0.2, 0.25) is 5.43 Å². The number of aromatic nitrogens is 1. The van der Waals surface area contributed by atoms with E-state index in [4.69, 9.17) is 4.42 Å². The molecule has 0 spiro atoms. The lowest BCUT2D eigenvalue weighted by Gasteiger charge is -2.28. The number of nitrogens with zero attached hydrogens (tertiary/aromatic N) is 2. The van der Waals surface area contributed by atoms with Crippen molar-refractivity contribution in [2.45, 2.75) is 37.6 Å². The molecule has 9 rings (SSSR count). The molecule has 0 radical (unpaired) electrons. The fourth-order valence-electron chi connectivity index (χ4n) is 7.51. The zero-order valence-electron chi connectivity index (χ0n) is 22.6. The van der Waals surface area contributed by atoms with Crippen LogP contribution in [0, 0.1) is 0 Å². The van der Waals surface area contributed by atoms with Crippen molar-refractivity contribution >= 4 is 45.5 Å². The van der Waals surface area contributed by atoms with Gasteiger partial charge in [0.05, 0.1) is 22.5 Å². The Morgan fingerprint density at radius 2 is 1.51 bits per heavy atom. The molecule has 4 heteroatoms. The van der Waals surface area contributed by atoms with E-state index in [2.05, 4.69) is 94.5 Å². The summed E-state index contributed by atoms with van der Waals surface area (Å²) in [5, 5.41) is 1.27. The Bertz CT molecular complexity index is 2060. The van der Waals surface area contributed by atoms with Gasteiger partial charge >= 0.3 is 0 Å². The highest BCUT2D eigenvalue weighted by molar-refractivity contribution is 5.96. The van der Waals surface area contributed by atoms with Gasteiger partial charge < -0.3 is 13.9 Å². The van der Waals surface area contributed by atoms with Gasteiger partial charge in [0.15, 0.2) is 0 Å². The molecule has 1 unspecified atom stereocenters. The third-order valence-corrected chi connectivity index (χ3v) is 9.26. The second-order valence-electron chi connectivity index (χ2n) is 11.4. The standard InChI is InChI=1S/C37H28N2O2/c40-37-28-21-20-23(38-29-14-5-1-10-24(29)25-11-2-6-15-30(25)38)22-35(28)41-34-19-9-18-33(36(34)37)39-31-16-7-3-12-26(31)27-13-4-8-17-32(27)39/h1-6,9-15,18-22,24,29H,7-8,16-17H2/t24?,29-/m1/s1. The first-order valence-electron chi connectivity index (χ1n) is 14.6. The second-order valence-corrected chi connectivity index (χ2v) is 11.4. The summed E-state index contributed by atoms with van der Waals surface area (Å²) in [4.78, 5) is 16.6. The van der Waals surface area contributed by atoms with Crippen LogP contribution in [0.4, 0.5) is 11.4 Å². The molecule has 2 atom stereocenters. The van der Waals surface area contributed by atoms with E-state index in [1.807, 2.05) is 24.3 Å². The van der Waals surface area contributed by atoms with Crippen LogP contribution in [0.1, 0.15) is 46.8 Å². The molecule has 0 amide bonds. The molecule has 3 heterocycles. The van der Waals surface area contributed by atoms with Gasteiger partial charge in [-0.05, 0) is 61.6 Å². The summed E-state index contributed by atoms with van der Waals surface area (Å²) >= 11 is 0. The molecule has 0 bridgehead atoms. The minimum Gasteiger partial charge on any atom is -0.456 e. The van der Waals surface area contributed by atoms with Crippen molar-refractivity contribution in [3.8, 4) is 5.69 Å². The number of benzene rings is 3. The molecule has 3 aliphatic carbocycles. The number of fused-ring (bicyclic) bond motifs is 8. The topological polar surface area (TPSA) is 38.4 Å². The van der Waals surface area contributed by atoms with E-state index >= 15 is 0 Å². The lowest BCUT2D eigenvalue weighted by atomic mass is 9.91. The zero-order valence-corrected chi connectivity index (χ0v) is 22.6. The van der Waals surface area contributed by atoms with Crippen LogP contribution >= 0.6 is 0 Å². The normalized spacial score (nSPS) is 20.0. The van der Waals surface area contributed by atoms with Gasteiger partial charge in [-0.3, -0.25) is 4.79 Å². The largest absolute Gasteiger partial charge is 0.456 e. The Morgan fingerprint density at radius 1 is 0.756 bits per heavy atom. The average molecular weight is 533 g/mol. The van der Waals surface area contributed by atoms with E-state index in [1.54, 1.807) is 0 Å². The van der Waals surface area contributed by atoms with Crippen molar-refractivity contribution in [1.82, 2.24) is 4.57 Å². The van der Waals surface area contributed by atoms with Gasteiger partial charge in [-0.15, -0.1) is 0 Å². The quantitative estimate of drug-likeness (QED) is 0.214. The molecule has 0 N–H and O–H groups in total. The second kappa shape index (κ2) is 8.58. The minimum atomic E-state index is 0.0255. The van der Waals surface area contributed by atoms with E-state index in [-0.39, 0.29) is 11.5 Å². The summed E-state index contributed by atoms with van der Waals surface area (Å²) < 4.78 is 8.94. The lowest BCUT2D eigenvalue weighted by molar-refractivity contribution is 0.658. The summed E-state index contributed by atoms with van der Waals surface area (Å²) in [5.41, 5.74) is 10.9. The Balaban J connectivity index is 1.24. The highest BCUT2D eigenvalue weighted by atomic mass is 16.3. The van der Waals surface area contributed by atoms with Crippen molar-refractivity contribution < 1.29 is 4.42 Å². The molecule has 0 fully saturated rings. The predicted octanol–water partition coefficient (Wildman–Crippen LogP) is 8.39. The highest BCUT2D eigenvalue weighted by Crippen LogP contribution is 2.48. The SMILES string of the molecule is O=c1c2ccc(N3c4ccccc4C4C=CC=C[C@H]43)cc2oc2cccc(-n3c4c(c5c3CCC=C5)C=CCC4)c12. The van der Waals surface area contributed by atoms with Crippen LogP contribution in [0.25, 0.3) is 39.8 Å². The summed E-state index contributed by atoms with van der Waals surface area (Å²) in [6.45, 7) is 0. The zero-order chi connectivity index (χ0) is 27.1. The van der Waals surface area contributed by atoms with Crippen LogP contribution in [0.5, 0.6) is 0 Å². The van der Waals surface area contributed by atoms with Crippen molar-refractivity contribution in [3.05, 3.63) is 135 Å². The maximum atomic E-state index is 14.3. The monoisotopic (exact) mass is 532 g/mol. The fourth-order valence-corrected chi connectivity index (χ4v) is 7.51. The highest BCUT2D eigenvalue weighted by Gasteiger charge is 2.37. The van der Waals surface area contributed by atoms with Crippen LogP contribution in [0.2, 0.25) is 0 Å². The molecular formula is C37H28N2O2. The Kier molecular flexibility index (Phi) is 4.80. The summed E-state index contributed by atoms with van der Waals surface area (Å²) in [6, 6.07) is 20.9. The van der Waals surface area contributed by atoms with Crippen LogP contribution in [-0.2, 0) is 12.8 Å². The first-order valence-corrected chi connectivity index (χ1v) is 14.6. The maximum absolute atomic E-state index is 14.3. The van der Waals surface area contributed by atoms with Crippen LogP contribution in [-0.4, -0.2) is 10.6 Å². The Morgan fingerprint density at radius 3 is 2.34 bits per heavy atom. The lowest BCUT2D eigenvalue weighted by Crippen LogP contribution is -2.28. The number of hydrogen-bond acceptors (Lipinski definition) is 3. The van der Waals surface area contributed by atoms with Gasteiger partial charge in [-0.25, -0.2) is 0 Å². The van der Waals surface area contributed by atoms with Crippen molar-refractivity contribution in [3.63, 3.8) is 0 Å².